The molecule has 0 aliphatic carbocycles. The summed E-state index contributed by atoms with van der Waals surface area (Å²) < 4.78 is 96.3. The smallest absolute Gasteiger partial charge is 0.416 e. The summed E-state index contributed by atoms with van der Waals surface area (Å²) >= 11 is 0. The highest BCUT2D eigenvalue weighted by Crippen LogP contribution is 2.41. The van der Waals surface area contributed by atoms with E-state index >= 15 is 8.78 Å². The Kier molecular flexibility index (Phi) is 8.84. The van der Waals surface area contributed by atoms with E-state index in [0.717, 1.165) is 49.6 Å². The molecule has 4 rings (SSSR count). The summed E-state index contributed by atoms with van der Waals surface area (Å²) in [7, 11) is 0. The van der Waals surface area contributed by atoms with Gasteiger partial charge in [-0.15, -0.1) is 0 Å². The fourth-order valence-electron chi connectivity index (χ4n) is 4.09. The van der Waals surface area contributed by atoms with E-state index in [1.165, 1.54) is 18.2 Å². The number of hydrogen-bond donors (Lipinski definition) is 0. The summed E-state index contributed by atoms with van der Waals surface area (Å²) in [4.78, 5) is 0. The van der Waals surface area contributed by atoms with E-state index in [0.29, 0.717) is 24.0 Å². The van der Waals surface area contributed by atoms with E-state index in [1.54, 1.807) is 24.3 Å². The lowest BCUT2D eigenvalue weighted by Crippen LogP contribution is -2.06. The summed E-state index contributed by atoms with van der Waals surface area (Å²) in [5, 5.41) is 0. The lowest BCUT2D eigenvalue weighted by molar-refractivity contribution is -0.137. The van der Waals surface area contributed by atoms with Crippen molar-refractivity contribution in [3.05, 3.63) is 107 Å². The predicted octanol–water partition coefficient (Wildman–Crippen LogP) is 9.60. The fourth-order valence-corrected chi connectivity index (χ4v) is 4.09. The van der Waals surface area contributed by atoms with Crippen LogP contribution in [0.5, 0.6) is 11.5 Å². The Hall–Kier alpha value is -3.94. The molecule has 0 fully saturated rings. The lowest BCUT2D eigenvalue weighted by atomic mass is 9.92. The van der Waals surface area contributed by atoms with Gasteiger partial charge in [0.05, 0.1) is 12.2 Å². The number of unbranched alkanes of at least 4 members (excludes halogenated alkanes) is 2. The number of ether oxygens (including phenoxy) is 2. The first kappa shape index (κ1) is 28.1. The minimum Gasteiger partial charge on any atom is -0.494 e. The van der Waals surface area contributed by atoms with Crippen molar-refractivity contribution in [1.82, 2.24) is 0 Å². The molecule has 0 radical (unpaired) electrons. The highest BCUT2D eigenvalue weighted by Gasteiger charge is 2.32. The molecule has 0 saturated carbocycles. The molecule has 0 bridgehead atoms. The van der Waals surface area contributed by atoms with Crippen LogP contribution in [0.2, 0.25) is 0 Å². The lowest BCUT2D eigenvalue weighted by Gasteiger charge is -2.16. The standard InChI is InChI=1S/C31H26F6O2/c1-2-3-6-15-38-22-12-9-20(10-13-22)19-39-30-18-28(33)26(17-29(30)34)25-16-21(31(35,36)37)11-14-23(25)24-7-4-5-8-27(24)32/h4-5,7-14,16-18H,2-3,6,15,19H2,1H3. The Balaban J connectivity index is 1.59. The van der Waals surface area contributed by atoms with Crippen LogP contribution in [0.1, 0.15) is 37.3 Å². The topological polar surface area (TPSA) is 18.5 Å². The second-order valence-corrected chi connectivity index (χ2v) is 8.99. The van der Waals surface area contributed by atoms with E-state index in [1.807, 2.05) is 0 Å². The van der Waals surface area contributed by atoms with Crippen LogP contribution in [0.25, 0.3) is 22.3 Å². The quantitative estimate of drug-likeness (QED) is 0.146. The number of halogens is 6. The van der Waals surface area contributed by atoms with Gasteiger partial charge in [-0.2, -0.15) is 13.2 Å². The highest BCUT2D eigenvalue weighted by molar-refractivity contribution is 5.84. The molecule has 0 aromatic heterocycles. The molecule has 0 amide bonds. The van der Waals surface area contributed by atoms with Gasteiger partial charge in [0.2, 0.25) is 0 Å². The van der Waals surface area contributed by atoms with Gasteiger partial charge < -0.3 is 9.47 Å². The second kappa shape index (κ2) is 12.3. The molecule has 39 heavy (non-hydrogen) atoms. The Morgan fingerprint density at radius 2 is 1.38 bits per heavy atom. The first-order chi connectivity index (χ1) is 18.7. The maximum atomic E-state index is 15.3. The third-order valence-electron chi connectivity index (χ3n) is 6.16. The van der Waals surface area contributed by atoms with Gasteiger partial charge in [-0.3, -0.25) is 0 Å². The molecule has 0 aliphatic rings. The van der Waals surface area contributed by atoms with Crippen LogP contribution in [-0.4, -0.2) is 6.61 Å². The van der Waals surface area contributed by atoms with Gasteiger partial charge >= 0.3 is 6.18 Å². The zero-order chi connectivity index (χ0) is 28.0. The summed E-state index contributed by atoms with van der Waals surface area (Å²) in [6.45, 7) is 2.63. The van der Waals surface area contributed by atoms with E-state index in [9.17, 15) is 17.6 Å². The highest BCUT2D eigenvalue weighted by atomic mass is 19.4. The van der Waals surface area contributed by atoms with E-state index in [2.05, 4.69) is 6.92 Å². The Morgan fingerprint density at radius 3 is 2.08 bits per heavy atom. The molecule has 0 heterocycles. The molecule has 8 heteroatoms. The van der Waals surface area contributed by atoms with Crippen LogP contribution in [0, 0.1) is 17.5 Å². The van der Waals surface area contributed by atoms with Crippen LogP contribution in [0.4, 0.5) is 26.3 Å². The van der Waals surface area contributed by atoms with Crippen LogP contribution in [-0.2, 0) is 12.8 Å². The molecule has 4 aromatic rings. The van der Waals surface area contributed by atoms with E-state index < -0.39 is 40.5 Å². The molecule has 0 aliphatic heterocycles. The Morgan fingerprint density at radius 1 is 0.641 bits per heavy atom. The molecule has 4 aromatic carbocycles. The van der Waals surface area contributed by atoms with Crippen LogP contribution in [0.3, 0.4) is 0 Å². The van der Waals surface area contributed by atoms with Crippen LogP contribution < -0.4 is 9.47 Å². The number of benzene rings is 4. The normalized spacial score (nSPS) is 11.5. The molecule has 0 unspecified atom stereocenters. The SMILES string of the molecule is CCCCCOc1ccc(COc2cc(F)c(-c3cc(C(F)(F)F)ccc3-c3ccccc3F)cc2F)cc1. The van der Waals surface area contributed by atoms with Gasteiger partial charge in [0.1, 0.15) is 24.0 Å². The van der Waals surface area contributed by atoms with Gasteiger partial charge in [0, 0.05) is 17.2 Å². The third-order valence-corrected chi connectivity index (χ3v) is 6.16. The minimum absolute atomic E-state index is 0.00919. The monoisotopic (exact) mass is 544 g/mol. The largest absolute Gasteiger partial charge is 0.494 e. The molecular formula is C31H26F6O2. The van der Waals surface area contributed by atoms with E-state index in [4.69, 9.17) is 9.47 Å². The zero-order valence-corrected chi connectivity index (χ0v) is 21.1. The first-order valence-corrected chi connectivity index (χ1v) is 12.5. The Bertz CT molecular complexity index is 1410. The van der Waals surface area contributed by atoms with Crippen LogP contribution in [0.15, 0.2) is 78.9 Å². The second-order valence-electron chi connectivity index (χ2n) is 8.99. The zero-order valence-electron chi connectivity index (χ0n) is 21.1. The van der Waals surface area contributed by atoms with Crippen molar-refractivity contribution in [2.24, 2.45) is 0 Å². The van der Waals surface area contributed by atoms with Gasteiger partial charge in [-0.1, -0.05) is 56.2 Å². The average molecular weight is 545 g/mol. The van der Waals surface area contributed by atoms with Gasteiger partial charge in [0.15, 0.2) is 11.6 Å². The minimum atomic E-state index is -4.74. The maximum absolute atomic E-state index is 15.3. The van der Waals surface area contributed by atoms with Gasteiger partial charge in [0.25, 0.3) is 0 Å². The molecule has 0 spiro atoms. The third kappa shape index (κ3) is 6.93. The van der Waals surface area contributed by atoms with Crippen molar-refractivity contribution in [3.8, 4) is 33.8 Å². The van der Waals surface area contributed by atoms with Gasteiger partial charge in [-0.25, -0.2) is 13.2 Å². The van der Waals surface area contributed by atoms with E-state index in [-0.39, 0.29) is 23.3 Å². The molecule has 0 saturated heterocycles. The Labute approximate surface area is 222 Å². The van der Waals surface area contributed by atoms with Crippen molar-refractivity contribution in [1.29, 1.82) is 0 Å². The van der Waals surface area contributed by atoms with Crippen molar-refractivity contribution in [2.45, 2.75) is 39.0 Å². The maximum Gasteiger partial charge on any atom is 0.416 e. The summed E-state index contributed by atoms with van der Waals surface area (Å²) in [6.07, 6.45) is -1.63. The summed E-state index contributed by atoms with van der Waals surface area (Å²) in [6, 6.07) is 16.4. The number of hydrogen-bond acceptors (Lipinski definition) is 2. The van der Waals surface area contributed by atoms with Crippen molar-refractivity contribution in [2.75, 3.05) is 6.61 Å². The van der Waals surface area contributed by atoms with Crippen molar-refractivity contribution >= 4 is 0 Å². The first-order valence-electron chi connectivity index (χ1n) is 12.5. The number of alkyl halides is 3. The molecule has 204 valence electrons. The number of rotatable bonds is 10. The molecule has 0 N–H and O–H groups in total. The molecular weight excluding hydrogens is 518 g/mol. The predicted molar refractivity (Wildman–Crippen MR) is 138 cm³/mol. The average Bonchev–Trinajstić information content (AvgIpc) is 2.91. The van der Waals surface area contributed by atoms with Crippen molar-refractivity contribution in [3.63, 3.8) is 0 Å². The summed E-state index contributed by atoms with van der Waals surface area (Å²) in [5.41, 5.74) is -1.19. The molecule has 0 atom stereocenters. The fraction of sp³-hybridized carbons (Fsp3) is 0.226. The molecule has 2 nitrogen and oxygen atoms in total. The summed E-state index contributed by atoms with van der Waals surface area (Å²) in [5.74, 6) is -2.42. The van der Waals surface area contributed by atoms with Crippen molar-refractivity contribution < 1.29 is 35.8 Å². The van der Waals surface area contributed by atoms with Gasteiger partial charge in [-0.05, 0) is 59.5 Å². The van der Waals surface area contributed by atoms with Crippen LogP contribution >= 0.6 is 0 Å².